The summed E-state index contributed by atoms with van der Waals surface area (Å²) in [5.74, 6) is 0. The van der Waals surface area contributed by atoms with E-state index in [1.54, 1.807) is 18.6 Å². The molecule has 4 nitrogen and oxygen atoms in total. The Bertz CT molecular complexity index is 360. The summed E-state index contributed by atoms with van der Waals surface area (Å²) in [6.07, 6.45) is 5.84. The number of H-pyrrole nitrogens is 1. The molecule has 0 spiro atoms. The fourth-order valence-electron chi connectivity index (χ4n) is 0.940. The molecule has 0 radical (unpaired) electrons. The second-order valence-corrected chi connectivity index (χ2v) is 1.99. The van der Waals surface area contributed by atoms with Crippen molar-refractivity contribution >= 4 is 17.3 Å². The lowest BCUT2D eigenvalue weighted by atomic mass is 10.4. The Morgan fingerprint density at radius 1 is 1.60 bits per heavy atom. The van der Waals surface area contributed by atoms with Gasteiger partial charge in [-0.3, -0.25) is 4.79 Å². The van der Waals surface area contributed by atoms with Crippen LogP contribution in [0, 0.1) is 0 Å². The van der Waals surface area contributed by atoms with Gasteiger partial charge in [0.2, 0.25) is 6.41 Å². The van der Waals surface area contributed by atoms with Crippen LogP contribution in [0.25, 0.3) is 10.9 Å². The molecular weight excluding hydrogens is 130 g/mol. The lowest BCUT2D eigenvalue weighted by Crippen LogP contribution is -1.94. The summed E-state index contributed by atoms with van der Waals surface area (Å²) in [4.78, 5) is 13.1. The van der Waals surface area contributed by atoms with Crippen molar-refractivity contribution in [3.05, 3.63) is 18.6 Å². The SMILES string of the molecule is O=Cn1ncc2c[nH]cc21. The van der Waals surface area contributed by atoms with E-state index >= 15 is 0 Å². The first-order valence-corrected chi connectivity index (χ1v) is 2.87. The minimum absolute atomic E-state index is 0.677. The van der Waals surface area contributed by atoms with Gasteiger partial charge in [0, 0.05) is 17.8 Å². The summed E-state index contributed by atoms with van der Waals surface area (Å²) in [5, 5.41) is 4.75. The minimum atomic E-state index is 0.677. The third kappa shape index (κ3) is 0.500. The molecule has 2 aromatic rings. The molecule has 0 aromatic carbocycles. The zero-order chi connectivity index (χ0) is 6.97. The van der Waals surface area contributed by atoms with Crippen molar-refractivity contribution in [1.82, 2.24) is 14.8 Å². The highest BCUT2D eigenvalue weighted by Gasteiger charge is 1.99. The Kier molecular flexibility index (Phi) is 0.887. The molecule has 0 aliphatic heterocycles. The van der Waals surface area contributed by atoms with Crippen LogP contribution in [0.1, 0.15) is 0 Å². The van der Waals surface area contributed by atoms with Crippen molar-refractivity contribution in [2.24, 2.45) is 0 Å². The Hall–Kier alpha value is -1.58. The topological polar surface area (TPSA) is 50.7 Å². The normalized spacial score (nSPS) is 10.4. The monoisotopic (exact) mass is 135 g/mol. The summed E-state index contributed by atoms with van der Waals surface area (Å²) >= 11 is 0. The number of carbonyl (C=O) groups excluding carboxylic acids is 1. The molecule has 0 saturated heterocycles. The highest BCUT2D eigenvalue weighted by Crippen LogP contribution is 2.09. The third-order valence-corrected chi connectivity index (χ3v) is 1.42. The van der Waals surface area contributed by atoms with Gasteiger partial charge in [-0.1, -0.05) is 0 Å². The number of rotatable bonds is 1. The summed E-state index contributed by atoms with van der Waals surface area (Å²) < 4.78 is 1.28. The number of carbonyl (C=O) groups is 1. The molecule has 10 heavy (non-hydrogen) atoms. The maximum atomic E-state index is 10.3. The second-order valence-electron chi connectivity index (χ2n) is 1.99. The molecule has 0 aliphatic rings. The van der Waals surface area contributed by atoms with Crippen LogP contribution in [0.5, 0.6) is 0 Å². The van der Waals surface area contributed by atoms with E-state index in [1.807, 2.05) is 0 Å². The Labute approximate surface area is 56.5 Å². The van der Waals surface area contributed by atoms with E-state index in [0.29, 0.717) is 6.41 Å². The minimum Gasteiger partial charge on any atom is -0.365 e. The van der Waals surface area contributed by atoms with E-state index in [9.17, 15) is 4.79 Å². The molecule has 4 heteroatoms. The summed E-state index contributed by atoms with van der Waals surface area (Å²) in [7, 11) is 0. The molecule has 0 fully saturated rings. The van der Waals surface area contributed by atoms with Crippen LogP contribution in [0.2, 0.25) is 0 Å². The highest BCUT2D eigenvalue weighted by molar-refractivity contribution is 5.82. The van der Waals surface area contributed by atoms with Gasteiger partial charge < -0.3 is 4.98 Å². The van der Waals surface area contributed by atoms with E-state index < -0.39 is 0 Å². The number of hydrogen-bond acceptors (Lipinski definition) is 2. The van der Waals surface area contributed by atoms with Crippen LogP contribution in [0.4, 0.5) is 0 Å². The molecule has 2 heterocycles. The van der Waals surface area contributed by atoms with Crippen LogP contribution in [0.15, 0.2) is 18.6 Å². The number of fused-ring (bicyclic) bond motifs is 1. The van der Waals surface area contributed by atoms with E-state index in [4.69, 9.17) is 0 Å². The zero-order valence-electron chi connectivity index (χ0n) is 5.11. The Balaban J connectivity index is 2.88. The summed E-state index contributed by atoms with van der Waals surface area (Å²) in [5.41, 5.74) is 0.815. The predicted molar refractivity (Wildman–Crippen MR) is 36.2 cm³/mol. The molecular formula is C6H5N3O. The van der Waals surface area contributed by atoms with Crippen molar-refractivity contribution in [3.63, 3.8) is 0 Å². The molecule has 0 saturated carbocycles. The van der Waals surface area contributed by atoms with Crippen LogP contribution in [0.3, 0.4) is 0 Å². The number of nitrogens with one attached hydrogen (secondary N) is 1. The summed E-state index contributed by atoms with van der Waals surface area (Å²) in [6, 6.07) is 0. The molecule has 0 aliphatic carbocycles. The molecule has 0 atom stereocenters. The van der Waals surface area contributed by atoms with Gasteiger partial charge in [0.05, 0.1) is 11.7 Å². The van der Waals surface area contributed by atoms with Gasteiger partial charge in [0.1, 0.15) is 0 Å². The molecule has 1 N–H and O–H groups in total. The molecule has 0 bridgehead atoms. The van der Waals surface area contributed by atoms with Gasteiger partial charge in [0.15, 0.2) is 0 Å². The smallest absolute Gasteiger partial charge is 0.234 e. The fourth-order valence-corrected chi connectivity index (χ4v) is 0.940. The molecule has 2 rings (SSSR count). The maximum absolute atomic E-state index is 10.3. The predicted octanol–water partition coefficient (Wildman–Crippen LogP) is 0.403. The highest BCUT2D eigenvalue weighted by atomic mass is 16.1. The van der Waals surface area contributed by atoms with E-state index in [2.05, 4.69) is 10.1 Å². The lowest BCUT2D eigenvalue weighted by molar-refractivity contribution is 0.542. The first-order chi connectivity index (χ1) is 4.92. The van der Waals surface area contributed by atoms with Crippen molar-refractivity contribution in [2.75, 3.05) is 0 Å². The molecule has 0 amide bonds. The van der Waals surface area contributed by atoms with Crippen molar-refractivity contribution in [1.29, 1.82) is 0 Å². The average molecular weight is 135 g/mol. The standard InChI is InChI=1S/C6H5N3O/c10-4-9-6-3-7-1-5(6)2-8-9/h1-4,7H. The number of aromatic nitrogens is 3. The van der Waals surface area contributed by atoms with Crippen LogP contribution in [-0.2, 0) is 4.79 Å². The first kappa shape index (κ1) is 5.22. The van der Waals surface area contributed by atoms with Crippen LogP contribution >= 0.6 is 0 Å². The van der Waals surface area contributed by atoms with Crippen molar-refractivity contribution < 1.29 is 4.79 Å². The lowest BCUT2D eigenvalue weighted by Gasteiger charge is -1.82. The van der Waals surface area contributed by atoms with Crippen LogP contribution in [-0.4, -0.2) is 21.2 Å². The van der Waals surface area contributed by atoms with Gasteiger partial charge >= 0.3 is 0 Å². The molecule has 2 aromatic heterocycles. The summed E-state index contributed by atoms with van der Waals surface area (Å²) in [6.45, 7) is 0. The number of nitrogens with zero attached hydrogens (tertiary/aromatic N) is 2. The fraction of sp³-hybridized carbons (Fsp3) is 0. The third-order valence-electron chi connectivity index (χ3n) is 1.42. The number of hydrogen-bond donors (Lipinski definition) is 1. The van der Waals surface area contributed by atoms with Gasteiger partial charge in [-0.2, -0.15) is 5.10 Å². The van der Waals surface area contributed by atoms with Gasteiger partial charge in [0.25, 0.3) is 0 Å². The van der Waals surface area contributed by atoms with E-state index in [0.717, 1.165) is 10.9 Å². The largest absolute Gasteiger partial charge is 0.365 e. The maximum Gasteiger partial charge on any atom is 0.234 e. The van der Waals surface area contributed by atoms with Crippen molar-refractivity contribution in [3.8, 4) is 0 Å². The quantitative estimate of drug-likeness (QED) is 0.575. The second kappa shape index (κ2) is 1.70. The zero-order valence-corrected chi connectivity index (χ0v) is 5.11. The van der Waals surface area contributed by atoms with Gasteiger partial charge in [-0.05, 0) is 0 Å². The Morgan fingerprint density at radius 3 is 3.30 bits per heavy atom. The van der Waals surface area contributed by atoms with Gasteiger partial charge in [-0.15, -0.1) is 0 Å². The van der Waals surface area contributed by atoms with Crippen LogP contribution < -0.4 is 0 Å². The first-order valence-electron chi connectivity index (χ1n) is 2.87. The number of aromatic amines is 1. The Morgan fingerprint density at radius 2 is 2.50 bits per heavy atom. The van der Waals surface area contributed by atoms with E-state index in [1.165, 1.54) is 4.68 Å². The van der Waals surface area contributed by atoms with E-state index in [-0.39, 0.29) is 0 Å². The average Bonchev–Trinajstić information content (AvgIpc) is 2.44. The molecule has 0 unspecified atom stereocenters. The van der Waals surface area contributed by atoms with Crippen molar-refractivity contribution in [2.45, 2.75) is 0 Å². The molecule has 50 valence electrons. The van der Waals surface area contributed by atoms with Gasteiger partial charge in [-0.25, -0.2) is 4.68 Å².